The van der Waals surface area contributed by atoms with Gasteiger partial charge in [-0.3, -0.25) is 4.79 Å². The first-order valence-electron chi connectivity index (χ1n) is 4.23. The van der Waals surface area contributed by atoms with Crippen molar-refractivity contribution in [2.45, 2.75) is 0 Å². The van der Waals surface area contributed by atoms with Gasteiger partial charge in [0.2, 0.25) is 0 Å². The Balaban J connectivity index is 2.17. The molecule has 0 saturated heterocycles. The summed E-state index contributed by atoms with van der Waals surface area (Å²) in [5, 5.41) is 6.24. The molecule has 2 rings (SSSR count). The number of hydrogen-bond donors (Lipinski definition) is 1. The minimum absolute atomic E-state index is 0.255. The Kier molecular flexibility index (Phi) is 2.82. The summed E-state index contributed by atoms with van der Waals surface area (Å²) < 4.78 is 5.40. The molecule has 0 bridgehead atoms. The molecule has 0 atom stereocenters. The van der Waals surface area contributed by atoms with Crippen LogP contribution >= 0.6 is 15.9 Å². The van der Waals surface area contributed by atoms with Gasteiger partial charge in [-0.2, -0.15) is 0 Å². The van der Waals surface area contributed by atoms with Crippen LogP contribution < -0.4 is 5.32 Å². The monoisotopic (exact) mass is 266 g/mol. The van der Waals surface area contributed by atoms with Crippen molar-refractivity contribution in [1.29, 1.82) is 0 Å². The molecule has 1 amide bonds. The highest BCUT2D eigenvalue weighted by Gasteiger charge is 2.10. The number of amides is 1. The second kappa shape index (κ2) is 4.27. The van der Waals surface area contributed by atoms with Gasteiger partial charge in [0.1, 0.15) is 6.26 Å². The lowest BCUT2D eigenvalue weighted by Crippen LogP contribution is -2.12. The predicted molar refractivity (Wildman–Crippen MR) is 58.6 cm³/mol. The SMILES string of the molecule is O=C(Nc1ccccc1Br)c1ccon1. The average Bonchev–Trinajstić information content (AvgIpc) is 2.74. The van der Waals surface area contributed by atoms with Crippen molar-refractivity contribution in [2.75, 3.05) is 5.32 Å². The van der Waals surface area contributed by atoms with Gasteiger partial charge in [0.05, 0.1) is 5.69 Å². The van der Waals surface area contributed by atoms with Crippen molar-refractivity contribution in [3.8, 4) is 0 Å². The third kappa shape index (κ3) is 2.24. The molecular formula is C10H7BrN2O2. The lowest BCUT2D eigenvalue weighted by Gasteiger charge is -2.04. The van der Waals surface area contributed by atoms with E-state index in [1.807, 2.05) is 18.2 Å². The molecule has 5 heteroatoms. The first-order chi connectivity index (χ1) is 7.27. The lowest BCUT2D eigenvalue weighted by molar-refractivity contribution is 0.101. The van der Waals surface area contributed by atoms with E-state index >= 15 is 0 Å². The number of benzene rings is 1. The number of para-hydroxylation sites is 1. The summed E-state index contributed by atoms with van der Waals surface area (Å²) in [6.45, 7) is 0. The summed E-state index contributed by atoms with van der Waals surface area (Å²) >= 11 is 3.33. The van der Waals surface area contributed by atoms with Crippen molar-refractivity contribution < 1.29 is 9.32 Å². The molecule has 0 unspecified atom stereocenters. The van der Waals surface area contributed by atoms with Gasteiger partial charge in [-0.25, -0.2) is 0 Å². The maximum atomic E-state index is 11.6. The Hall–Kier alpha value is -1.62. The van der Waals surface area contributed by atoms with Gasteiger partial charge in [0.25, 0.3) is 5.91 Å². The fourth-order valence-electron chi connectivity index (χ4n) is 1.08. The number of carbonyl (C=O) groups excluding carboxylic acids is 1. The molecule has 0 aliphatic heterocycles. The van der Waals surface area contributed by atoms with Crippen molar-refractivity contribution >= 4 is 27.5 Å². The Morgan fingerprint density at radius 3 is 2.80 bits per heavy atom. The Morgan fingerprint density at radius 2 is 2.13 bits per heavy atom. The van der Waals surface area contributed by atoms with Crippen LogP contribution in [-0.2, 0) is 0 Å². The summed E-state index contributed by atoms with van der Waals surface area (Å²) in [6.07, 6.45) is 1.36. The quantitative estimate of drug-likeness (QED) is 0.910. The molecular weight excluding hydrogens is 260 g/mol. The summed E-state index contributed by atoms with van der Waals surface area (Å²) in [4.78, 5) is 11.6. The third-order valence-corrected chi connectivity index (χ3v) is 2.48. The maximum Gasteiger partial charge on any atom is 0.277 e. The van der Waals surface area contributed by atoms with E-state index in [0.29, 0.717) is 5.69 Å². The summed E-state index contributed by atoms with van der Waals surface area (Å²) in [5.74, 6) is -0.296. The van der Waals surface area contributed by atoms with Crippen molar-refractivity contribution in [2.24, 2.45) is 0 Å². The summed E-state index contributed by atoms with van der Waals surface area (Å²) in [7, 11) is 0. The van der Waals surface area contributed by atoms with Crippen LogP contribution in [0.5, 0.6) is 0 Å². The maximum absolute atomic E-state index is 11.6. The zero-order valence-electron chi connectivity index (χ0n) is 7.61. The number of anilines is 1. The first-order valence-corrected chi connectivity index (χ1v) is 5.03. The molecule has 0 spiro atoms. The van der Waals surface area contributed by atoms with Crippen LogP contribution in [0.25, 0.3) is 0 Å². The smallest absolute Gasteiger partial charge is 0.277 e. The Morgan fingerprint density at radius 1 is 1.33 bits per heavy atom. The molecule has 1 N–H and O–H groups in total. The number of nitrogens with zero attached hydrogens (tertiary/aromatic N) is 1. The van der Waals surface area contributed by atoms with E-state index in [1.165, 1.54) is 12.3 Å². The van der Waals surface area contributed by atoms with E-state index in [-0.39, 0.29) is 11.6 Å². The molecule has 4 nitrogen and oxygen atoms in total. The van der Waals surface area contributed by atoms with Gasteiger partial charge in [0.15, 0.2) is 5.69 Å². The number of aromatic nitrogens is 1. The summed E-state index contributed by atoms with van der Waals surface area (Å²) in [5.41, 5.74) is 0.955. The van der Waals surface area contributed by atoms with Gasteiger partial charge >= 0.3 is 0 Å². The van der Waals surface area contributed by atoms with E-state index < -0.39 is 0 Å². The van der Waals surface area contributed by atoms with Crippen molar-refractivity contribution in [3.05, 3.63) is 46.8 Å². The van der Waals surface area contributed by atoms with Crippen molar-refractivity contribution in [3.63, 3.8) is 0 Å². The van der Waals surface area contributed by atoms with Gasteiger partial charge in [0, 0.05) is 10.5 Å². The third-order valence-electron chi connectivity index (χ3n) is 1.79. The number of rotatable bonds is 2. The average molecular weight is 267 g/mol. The standard InChI is InChI=1S/C10H7BrN2O2/c11-7-3-1-2-4-8(7)12-10(14)9-5-6-15-13-9/h1-6H,(H,12,14). The van der Waals surface area contributed by atoms with Crippen LogP contribution in [-0.4, -0.2) is 11.1 Å². The number of hydrogen-bond acceptors (Lipinski definition) is 3. The normalized spacial score (nSPS) is 9.93. The largest absolute Gasteiger partial charge is 0.364 e. The topological polar surface area (TPSA) is 55.1 Å². The molecule has 15 heavy (non-hydrogen) atoms. The van der Waals surface area contributed by atoms with E-state index in [1.54, 1.807) is 6.07 Å². The van der Waals surface area contributed by atoms with E-state index in [2.05, 4.69) is 30.9 Å². The highest BCUT2D eigenvalue weighted by atomic mass is 79.9. The Bertz CT molecular complexity index is 468. The number of nitrogens with one attached hydrogen (secondary N) is 1. The zero-order valence-corrected chi connectivity index (χ0v) is 9.19. The fourth-order valence-corrected chi connectivity index (χ4v) is 1.46. The molecule has 0 aliphatic carbocycles. The van der Waals surface area contributed by atoms with Crippen LogP contribution in [0, 0.1) is 0 Å². The van der Waals surface area contributed by atoms with Crippen LogP contribution in [0.3, 0.4) is 0 Å². The molecule has 0 radical (unpaired) electrons. The van der Waals surface area contributed by atoms with Crippen molar-refractivity contribution in [1.82, 2.24) is 5.16 Å². The minimum Gasteiger partial charge on any atom is -0.364 e. The van der Waals surface area contributed by atoms with Gasteiger partial charge < -0.3 is 9.84 Å². The molecule has 76 valence electrons. The molecule has 0 fully saturated rings. The first kappa shape index (κ1) is 9.92. The molecule has 2 aromatic rings. The van der Waals surface area contributed by atoms with Gasteiger partial charge in [-0.15, -0.1) is 0 Å². The highest BCUT2D eigenvalue weighted by molar-refractivity contribution is 9.10. The molecule has 0 aliphatic rings. The fraction of sp³-hybridized carbons (Fsp3) is 0. The molecule has 1 aromatic carbocycles. The molecule has 1 heterocycles. The lowest BCUT2D eigenvalue weighted by atomic mass is 10.3. The van der Waals surface area contributed by atoms with E-state index in [0.717, 1.165) is 4.47 Å². The zero-order chi connectivity index (χ0) is 10.7. The van der Waals surface area contributed by atoms with Gasteiger partial charge in [-0.05, 0) is 28.1 Å². The highest BCUT2D eigenvalue weighted by Crippen LogP contribution is 2.21. The van der Waals surface area contributed by atoms with Gasteiger partial charge in [-0.1, -0.05) is 17.3 Å². The Labute approximate surface area is 94.4 Å². The second-order valence-corrected chi connectivity index (χ2v) is 3.67. The van der Waals surface area contributed by atoms with Crippen LogP contribution in [0.2, 0.25) is 0 Å². The van der Waals surface area contributed by atoms with E-state index in [9.17, 15) is 4.79 Å². The number of carbonyl (C=O) groups is 1. The molecule has 1 aromatic heterocycles. The van der Waals surface area contributed by atoms with E-state index in [4.69, 9.17) is 0 Å². The summed E-state index contributed by atoms with van der Waals surface area (Å²) in [6, 6.07) is 8.85. The second-order valence-electron chi connectivity index (χ2n) is 2.82. The number of halogens is 1. The molecule has 0 saturated carbocycles. The predicted octanol–water partition coefficient (Wildman–Crippen LogP) is 2.69. The van der Waals surface area contributed by atoms with Crippen LogP contribution in [0.15, 0.2) is 45.6 Å². The van der Waals surface area contributed by atoms with Crippen LogP contribution in [0.1, 0.15) is 10.5 Å². The van der Waals surface area contributed by atoms with Crippen LogP contribution in [0.4, 0.5) is 5.69 Å². The minimum atomic E-state index is -0.296.